The van der Waals surface area contributed by atoms with Crippen molar-refractivity contribution in [1.82, 2.24) is 9.78 Å². The van der Waals surface area contributed by atoms with Crippen molar-refractivity contribution in [2.45, 2.75) is 19.3 Å². The van der Waals surface area contributed by atoms with Crippen molar-refractivity contribution in [3.05, 3.63) is 70.8 Å². The number of aromatic nitrogens is 2. The molecule has 0 aliphatic heterocycles. The van der Waals surface area contributed by atoms with Gasteiger partial charge in [0.05, 0.1) is 29.2 Å². The molecule has 0 unspecified atom stereocenters. The van der Waals surface area contributed by atoms with E-state index >= 15 is 0 Å². The molecule has 1 aromatic heterocycles. The van der Waals surface area contributed by atoms with E-state index in [1.807, 2.05) is 19.3 Å². The largest absolute Gasteiger partial charge is 0.508 e. The van der Waals surface area contributed by atoms with Gasteiger partial charge in [-0.1, -0.05) is 0 Å². The van der Waals surface area contributed by atoms with Crippen LogP contribution < -0.4 is 5.32 Å². The molecule has 28 heavy (non-hydrogen) atoms. The van der Waals surface area contributed by atoms with E-state index in [0.29, 0.717) is 16.8 Å². The smallest absolute Gasteiger partial charge is 0.127 e. The number of hydrogen-bond acceptors (Lipinski definition) is 5. The summed E-state index contributed by atoms with van der Waals surface area (Å²) in [4.78, 5) is 0. The molecular weight excluding hydrogens is 357 g/mol. The highest BCUT2D eigenvalue weighted by atomic mass is 19.1. The Balaban J connectivity index is 0.000000167. The van der Waals surface area contributed by atoms with Gasteiger partial charge in [0.25, 0.3) is 0 Å². The van der Waals surface area contributed by atoms with Gasteiger partial charge in [-0.25, -0.2) is 4.39 Å². The Bertz CT molecular complexity index is 1050. The number of phenols is 1. The molecule has 3 aromatic rings. The van der Waals surface area contributed by atoms with Crippen LogP contribution in [-0.2, 0) is 19.9 Å². The predicted octanol–water partition coefficient (Wildman–Crippen LogP) is 4.05. The molecule has 1 heterocycles. The molecule has 6 nitrogen and oxygen atoms in total. The lowest BCUT2D eigenvalue weighted by atomic mass is 10.1. The van der Waals surface area contributed by atoms with E-state index in [9.17, 15) is 9.50 Å². The van der Waals surface area contributed by atoms with Crippen molar-refractivity contribution in [3.8, 4) is 11.8 Å². The first-order valence-electron chi connectivity index (χ1n) is 8.80. The maximum absolute atomic E-state index is 13.2. The summed E-state index contributed by atoms with van der Waals surface area (Å²) in [5.41, 5.74) is 4.48. The van der Waals surface area contributed by atoms with Gasteiger partial charge in [0.2, 0.25) is 0 Å². The van der Waals surface area contributed by atoms with Crippen LogP contribution >= 0.6 is 0 Å². The molecule has 0 atom stereocenters. The van der Waals surface area contributed by atoms with Crippen molar-refractivity contribution in [2.24, 2.45) is 7.05 Å². The number of rotatable bonds is 3. The first kappa shape index (κ1) is 19.1. The van der Waals surface area contributed by atoms with Gasteiger partial charge in [-0.2, -0.15) is 10.4 Å². The predicted molar refractivity (Wildman–Crippen MR) is 106 cm³/mol. The van der Waals surface area contributed by atoms with Crippen molar-refractivity contribution in [2.75, 3.05) is 5.32 Å². The second-order valence-electron chi connectivity index (χ2n) is 6.50. The van der Waals surface area contributed by atoms with Gasteiger partial charge in [0, 0.05) is 31.1 Å². The maximum Gasteiger partial charge on any atom is 0.127 e. The topological polar surface area (TPSA) is 97.7 Å². The summed E-state index contributed by atoms with van der Waals surface area (Å²) in [6.07, 6.45) is 7.49. The summed E-state index contributed by atoms with van der Waals surface area (Å²) < 4.78 is 14.9. The van der Waals surface area contributed by atoms with E-state index in [-0.39, 0.29) is 11.6 Å². The number of fused-ring (bicyclic) bond motifs is 1. The third-order valence-corrected chi connectivity index (χ3v) is 4.47. The third kappa shape index (κ3) is 4.35. The van der Waals surface area contributed by atoms with Gasteiger partial charge < -0.3 is 15.8 Å². The quantitative estimate of drug-likeness (QED) is 0.600. The van der Waals surface area contributed by atoms with Crippen molar-refractivity contribution in [1.29, 1.82) is 10.7 Å². The lowest BCUT2D eigenvalue weighted by Gasteiger charge is -2.07. The number of nitrogens with one attached hydrogen (secondary N) is 2. The summed E-state index contributed by atoms with van der Waals surface area (Å²) in [7, 11) is 1.82. The lowest BCUT2D eigenvalue weighted by Crippen LogP contribution is -1.94. The minimum Gasteiger partial charge on any atom is -0.508 e. The van der Waals surface area contributed by atoms with Crippen LogP contribution in [0.5, 0.6) is 5.75 Å². The van der Waals surface area contributed by atoms with E-state index in [1.54, 1.807) is 35.1 Å². The van der Waals surface area contributed by atoms with Crippen molar-refractivity contribution in [3.63, 3.8) is 0 Å². The Hall–Kier alpha value is -3.66. The fourth-order valence-electron chi connectivity index (χ4n) is 3.14. The zero-order chi connectivity index (χ0) is 20.1. The zero-order valence-electron chi connectivity index (χ0n) is 15.4. The van der Waals surface area contributed by atoms with Crippen LogP contribution in [0.15, 0.2) is 42.7 Å². The highest BCUT2D eigenvalue weighted by Crippen LogP contribution is 2.26. The Morgan fingerprint density at radius 2 is 2.14 bits per heavy atom. The molecule has 0 spiro atoms. The molecule has 3 N–H and O–H groups in total. The molecule has 2 aromatic carbocycles. The molecule has 0 saturated heterocycles. The van der Waals surface area contributed by atoms with Gasteiger partial charge in [-0.05, 0) is 54.7 Å². The van der Waals surface area contributed by atoms with Gasteiger partial charge in [0.1, 0.15) is 11.6 Å². The van der Waals surface area contributed by atoms with E-state index in [0.717, 1.165) is 36.1 Å². The van der Waals surface area contributed by atoms with Crippen LogP contribution in [0.25, 0.3) is 0 Å². The number of hydrogen-bond donors (Lipinski definition) is 3. The Labute approximate surface area is 162 Å². The monoisotopic (exact) mass is 377 g/mol. The Morgan fingerprint density at radius 3 is 2.82 bits per heavy atom. The van der Waals surface area contributed by atoms with Crippen molar-refractivity contribution < 1.29 is 9.50 Å². The zero-order valence-corrected chi connectivity index (χ0v) is 15.4. The normalized spacial score (nSPS) is 11.8. The molecule has 0 saturated carbocycles. The van der Waals surface area contributed by atoms with Crippen LogP contribution in [-0.4, -0.2) is 21.1 Å². The highest BCUT2D eigenvalue weighted by Gasteiger charge is 2.15. The van der Waals surface area contributed by atoms with Crippen LogP contribution in [0.3, 0.4) is 0 Å². The summed E-state index contributed by atoms with van der Waals surface area (Å²) in [5.74, 6) is -0.0430. The van der Waals surface area contributed by atoms with Gasteiger partial charge in [0.15, 0.2) is 0 Å². The summed E-state index contributed by atoms with van der Waals surface area (Å²) in [5, 5.41) is 32.3. The number of anilines is 2. The first-order chi connectivity index (χ1) is 13.5. The number of nitrogens with zero attached hydrogens (tertiary/aromatic N) is 3. The summed E-state index contributed by atoms with van der Waals surface area (Å²) in [6, 6.07) is 9.89. The second-order valence-corrected chi connectivity index (χ2v) is 6.50. The molecule has 0 radical (unpaired) electrons. The molecule has 1 aliphatic carbocycles. The minimum absolute atomic E-state index is 0.164. The SMILES string of the molecule is Cn1cc(Nc2cc(O)ccc2C=N)cn1.N#Cc1cc(F)c2c(c1)CCC2. The molecule has 4 rings (SSSR count). The van der Waals surface area contributed by atoms with Crippen LogP contribution in [0.4, 0.5) is 15.8 Å². The molecule has 142 valence electrons. The number of aryl methyl sites for hydroxylation is 2. The molecular formula is C21H20FN5O. The third-order valence-electron chi connectivity index (χ3n) is 4.47. The molecule has 1 aliphatic rings. The number of phenolic OH excluding ortho intramolecular Hbond substituents is 1. The molecule has 0 bridgehead atoms. The van der Waals surface area contributed by atoms with Gasteiger partial charge in [-0.3, -0.25) is 4.68 Å². The fraction of sp³-hybridized carbons (Fsp3) is 0.190. The Morgan fingerprint density at radius 1 is 1.32 bits per heavy atom. The average Bonchev–Trinajstić information content (AvgIpc) is 3.31. The molecule has 7 heteroatoms. The van der Waals surface area contributed by atoms with E-state index in [2.05, 4.69) is 10.4 Å². The second kappa shape index (κ2) is 8.35. The average molecular weight is 377 g/mol. The van der Waals surface area contributed by atoms with E-state index < -0.39 is 0 Å². The summed E-state index contributed by atoms with van der Waals surface area (Å²) in [6.45, 7) is 0. The number of halogens is 1. The summed E-state index contributed by atoms with van der Waals surface area (Å²) >= 11 is 0. The number of aromatic hydroxyl groups is 1. The van der Waals surface area contributed by atoms with Gasteiger partial charge in [-0.15, -0.1) is 0 Å². The van der Waals surface area contributed by atoms with Crippen LogP contribution in [0.2, 0.25) is 0 Å². The first-order valence-corrected chi connectivity index (χ1v) is 8.80. The fourth-order valence-corrected chi connectivity index (χ4v) is 3.14. The van der Waals surface area contributed by atoms with Crippen molar-refractivity contribution >= 4 is 17.6 Å². The molecule has 0 fully saturated rings. The number of nitriles is 1. The van der Waals surface area contributed by atoms with Crippen LogP contribution in [0, 0.1) is 22.6 Å². The van der Waals surface area contributed by atoms with E-state index in [4.69, 9.17) is 10.7 Å². The standard InChI is InChI=1S/C11H12N4O.C10H8FN/c1-15-7-9(6-13-15)14-11-4-10(16)3-2-8(11)5-12;11-10-5-7(6-12)4-8-2-1-3-9(8)10/h2-7,12,14,16H,1H3;4-5H,1-3H2. The van der Waals surface area contributed by atoms with Gasteiger partial charge >= 0.3 is 0 Å². The van der Waals surface area contributed by atoms with E-state index in [1.165, 1.54) is 12.3 Å². The minimum atomic E-state index is -0.207. The highest BCUT2D eigenvalue weighted by molar-refractivity contribution is 5.87. The van der Waals surface area contributed by atoms with Crippen LogP contribution in [0.1, 0.15) is 28.7 Å². The number of benzene rings is 2. The molecule has 0 amide bonds. The maximum atomic E-state index is 13.2. The lowest BCUT2D eigenvalue weighted by molar-refractivity contribution is 0.475. The Kier molecular flexibility index (Phi) is 5.70.